The van der Waals surface area contributed by atoms with Gasteiger partial charge in [0.25, 0.3) is 0 Å². The van der Waals surface area contributed by atoms with Gasteiger partial charge in [0.1, 0.15) is 0 Å². The molecule has 2 aliphatic rings. The van der Waals surface area contributed by atoms with E-state index in [1.807, 2.05) is 13.8 Å². The first-order valence-corrected chi connectivity index (χ1v) is 6.96. The standard InChI is InChI=1S/C14H25NO2/c1-14(2,13(16)17)12-7-4-8-15(10-12)9-11-5-3-6-11/h11-12H,3-10H2,1-2H3,(H,16,17). The van der Waals surface area contributed by atoms with Gasteiger partial charge in [-0.1, -0.05) is 6.42 Å². The highest BCUT2D eigenvalue weighted by atomic mass is 16.4. The Kier molecular flexibility index (Phi) is 3.76. The second-order valence-electron chi connectivity index (χ2n) is 6.42. The van der Waals surface area contributed by atoms with Crippen molar-refractivity contribution in [1.82, 2.24) is 4.90 Å². The van der Waals surface area contributed by atoms with Gasteiger partial charge in [-0.3, -0.25) is 4.79 Å². The zero-order valence-electron chi connectivity index (χ0n) is 11.1. The van der Waals surface area contributed by atoms with E-state index in [2.05, 4.69) is 4.90 Å². The molecular formula is C14H25NO2. The molecule has 1 unspecified atom stereocenters. The molecule has 3 heteroatoms. The van der Waals surface area contributed by atoms with E-state index in [0.717, 1.165) is 25.3 Å². The third-order valence-electron chi connectivity index (χ3n) is 4.82. The molecule has 1 N–H and O–H groups in total. The Balaban J connectivity index is 1.89. The van der Waals surface area contributed by atoms with Crippen LogP contribution in [0.3, 0.4) is 0 Å². The molecule has 0 amide bonds. The molecule has 2 rings (SSSR count). The fourth-order valence-electron chi connectivity index (χ4n) is 3.03. The Morgan fingerprint density at radius 1 is 1.29 bits per heavy atom. The molecule has 0 aromatic rings. The van der Waals surface area contributed by atoms with Crippen LogP contribution >= 0.6 is 0 Å². The first-order valence-electron chi connectivity index (χ1n) is 6.96. The van der Waals surface area contributed by atoms with Crippen LogP contribution in [0.25, 0.3) is 0 Å². The highest BCUT2D eigenvalue weighted by Crippen LogP contribution is 2.35. The van der Waals surface area contributed by atoms with Crippen LogP contribution in [-0.2, 0) is 4.79 Å². The van der Waals surface area contributed by atoms with Gasteiger partial charge in [-0.25, -0.2) is 0 Å². The van der Waals surface area contributed by atoms with E-state index in [-0.39, 0.29) is 0 Å². The SMILES string of the molecule is CC(C)(C(=O)O)C1CCCN(CC2CCC2)C1. The molecular weight excluding hydrogens is 214 g/mol. The number of piperidine rings is 1. The van der Waals surface area contributed by atoms with Crippen molar-refractivity contribution in [1.29, 1.82) is 0 Å². The lowest BCUT2D eigenvalue weighted by molar-refractivity contribution is -0.151. The van der Waals surface area contributed by atoms with Crippen LogP contribution in [0.4, 0.5) is 0 Å². The van der Waals surface area contributed by atoms with Crippen molar-refractivity contribution in [2.75, 3.05) is 19.6 Å². The maximum Gasteiger partial charge on any atom is 0.309 e. The summed E-state index contributed by atoms with van der Waals surface area (Å²) in [6.45, 7) is 7.12. The summed E-state index contributed by atoms with van der Waals surface area (Å²) in [5, 5.41) is 9.30. The zero-order valence-corrected chi connectivity index (χ0v) is 11.1. The summed E-state index contributed by atoms with van der Waals surface area (Å²) in [7, 11) is 0. The van der Waals surface area contributed by atoms with E-state index in [4.69, 9.17) is 0 Å². The molecule has 0 aromatic carbocycles. The average Bonchev–Trinajstić information content (AvgIpc) is 2.24. The Labute approximate surface area is 104 Å². The topological polar surface area (TPSA) is 40.5 Å². The molecule has 0 radical (unpaired) electrons. The first kappa shape index (κ1) is 12.9. The summed E-state index contributed by atoms with van der Waals surface area (Å²) in [6, 6.07) is 0. The van der Waals surface area contributed by atoms with Crippen molar-refractivity contribution >= 4 is 5.97 Å². The fourth-order valence-corrected chi connectivity index (χ4v) is 3.03. The molecule has 1 saturated heterocycles. The van der Waals surface area contributed by atoms with E-state index in [1.165, 1.54) is 32.4 Å². The quantitative estimate of drug-likeness (QED) is 0.820. The summed E-state index contributed by atoms with van der Waals surface area (Å²) in [6.07, 6.45) is 6.38. The van der Waals surface area contributed by atoms with Gasteiger partial charge in [0.2, 0.25) is 0 Å². The summed E-state index contributed by atoms with van der Waals surface area (Å²) in [4.78, 5) is 13.8. The summed E-state index contributed by atoms with van der Waals surface area (Å²) >= 11 is 0. The predicted octanol–water partition coefficient (Wildman–Crippen LogP) is 2.61. The summed E-state index contributed by atoms with van der Waals surface area (Å²) in [5.74, 6) is 0.559. The summed E-state index contributed by atoms with van der Waals surface area (Å²) in [5.41, 5.74) is -0.571. The van der Waals surface area contributed by atoms with Gasteiger partial charge >= 0.3 is 5.97 Å². The second kappa shape index (κ2) is 4.97. The lowest BCUT2D eigenvalue weighted by Gasteiger charge is -2.41. The van der Waals surface area contributed by atoms with Crippen molar-refractivity contribution in [2.45, 2.75) is 46.0 Å². The molecule has 17 heavy (non-hydrogen) atoms. The largest absolute Gasteiger partial charge is 0.481 e. The van der Waals surface area contributed by atoms with Crippen LogP contribution in [0.5, 0.6) is 0 Å². The van der Waals surface area contributed by atoms with Gasteiger partial charge in [0.15, 0.2) is 0 Å². The van der Waals surface area contributed by atoms with Crippen LogP contribution in [0.15, 0.2) is 0 Å². The zero-order chi connectivity index (χ0) is 12.5. The van der Waals surface area contributed by atoms with Gasteiger partial charge in [0, 0.05) is 13.1 Å². The van der Waals surface area contributed by atoms with Crippen molar-refractivity contribution in [3.8, 4) is 0 Å². The number of hydrogen-bond acceptors (Lipinski definition) is 2. The lowest BCUT2D eigenvalue weighted by atomic mass is 9.74. The first-order chi connectivity index (χ1) is 8.00. The highest BCUT2D eigenvalue weighted by Gasteiger charge is 2.39. The highest BCUT2D eigenvalue weighted by molar-refractivity contribution is 5.74. The normalized spacial score (nSPS) is 27.8. The molecule has 0 bridgehead atoms. The molecule has 98 valence electrons. The van der Waals surface area contributed by atoms with Crippen LogP contribution in [0.1, 0.15) is 46.0 Å². The molecule has 1 heterocycles. The van der Waals surface area contributed by atoms with Crippen molar-refractivity contribution < 1.29 is 9.90 Å². The van der Waals surface area contributed by atoms with Gasteiger partial charge in [-0.2, -0.15) is 0 Å². The molecule has 2 fully saturated rings. The number of hydrogen-bond donors (Lipinski definition) is 1. The fraction of sp³-hybridized carbons (Fsp3) is 0.929. The van der Waals surface area contributed by atoms with Crippen LogP contribution in [0, 0.1) is 17.3 Å². The second-order valence-corrected chi connectivity index (χ2v) is 6.42. The Bertz CT molecular complexity index is 284. The van der Waals surface area contributed by atoms with Crippen LogP contribution in [-0.4, -0.2) is 35.6 Å². The van der Waals surface area contributed by atoms with Gasteiger partial charge < -0.3 is 10.0 Å². The van der Waals surface area contributed by atoms with Gasteiger partial charge in [0.05, 0.1) is 5.41 Å². The van der Waals surface area contributed by atoms with E-state index in [1.54, 1.807) is 0 Å². The molecule has 1 atom stereocenters. The summed E-state index contributed by atoms with van der Waals surface area (Å²) < 4.78 is 0. The number of carbonyl (C=O) groups is 1. The smallest absolute Gasteiger partial charge is 0.309 e. The Morgan fingerprint density at radius 3 is 2.53 bits per heavy atom. The maximum absolute atomic E-state index is 11.3. The van der Waals surface area contributed by atoms with Crippen LogP contribution in [0.2, 0.25) is 0 Å². The number of nitrogens with zero attached hydrogens (tertiary/aromatic N) is 1. The number of aliphatic carboxylic acids is 1. The van der Waals surface area contributed by atoms with Crippen molar-refractivity contribution in [2.24, 2.45) is 17.3 Å². The number of rotatable bonds is 4. The Hall–Kier alpha value is -0.570. The minimum atomic E-state index is -0.645. The van der Waals surface area contributed by atoms with Crippen molar-refractivity contribution in [3.63, 3.8) is 0 Å². The molecule has 0 aromatic heterocycles. The average molecular weight is 239 g/mol. The molecule has 1 saturated carbocycles. The van der Waals surface area contributed by atoms with E-state index in [9.17, 15) is 9.90 Å². The molecule has 3 nitrogen and oxygen atoms in total. The molecule has 1 aliphatic heterocycles. The molecule has 0 spiro atoms. The third-order valence-corrected chi connectivity index (χ3v) is 4.82. The van der Waals surface area contributed by atoms with E-state index >= 15 is 0 Å². The minimum absolute atomic E-state index is 0.314. The number of likely N-dealkylation sites (tertiary alicyclic amines) is 1. The lowest BCUT2D eigenvalue weighted by Crippen LogP contribution is -2.46. The number of carboxylic acid groups (broad SMARTS) is 1. The van der Waals surface area contributed by atoms with Gasteiger partial charge in [-0.15, -0.1) is 0 Å². The maximum atomic E-state index is 11.3. The Morgan fingerprint density at radius 2 is 2.00 bits per heavy atom. The number of carboxylic acids is 1. The van der Waals surface area contributed by atoms with Gasteiger partial charge in [-0.05, 0) is 57.9 Å². The minimum Gasteiger partial charge on any atom is -0.481 e. The van der Waals surface area contributed by atoms with E-state index in [0.29, 0.717) is 5.92 Å². The monoisotopic (exact) mass is 239 g/mol. The van der Waals surface area contributed by atoms with Crippen LogP contribution < -0.4 is 0 Å². The predicted molar refractivity (Wildman–Crippen MR) is 67.9 cm³/mol. The third kappa shape index (κ3) is 2.82. The van der Waals surface area contributed by atoms with Crippen molar-refractivity contribution in [3.05, 3.63) is 0 Å². The van der Waals surface area contributed by atoms with E-state index < -0.39 is 11.4 Å². The molecule has 1 aliphatic carbocycles.